The van der Waals surface area contributed by atoms with Crippen molar-refractivity contribution in [3.8, 4) is 0 Å². The third-order valence-electron chi connectivity index (χ3n) is 2.16. The average molecular weight is 224 g/mol. The molecule has 2 heterocycles. The van der Waals surface area contributed by atoms with Crippen molar-refractivity contribution in [2.45, 2.75) is 27.2 Å². The highest BCUT2D eigenvalue weighted by atomic mass is 32.1. The van der Waals surface area contributed by atoms with Gasteiger partial charge in [-0.15, -0.1) is 5.10 Å². The maximum atomic E-state index is 4.39. The van der Waals surface area contributed by atoms with Crippen LogP contribution in [0.15, 0.2) is 6.20 Å². The fourth-order valence-corrected chi connectivity index (χ4v) is 2.20. The second-order valence-electron chi connectivity index (χ2n) is 4.13. The molecule has 0 amide bonds. The van der Waals surface area contributed by atoms with Gasteiger partial charge in [-0.3, -0.25) is 0 Å². The summed E-state index contributed by atoms with van der Waals surface area (Å²) in [4.78, 5) is 5.31. The number of aromatic nitrogens is 3. The Labute approximate surface area is 93.3 Å². The van der Waals surface area contributed by atoms with E-state index in [0.717, 1.165) is 28.2 Å². The predicted octanol–water partition coefficient (Wildman–Crippen LogP) is 2.56. The molecule has 15 heavy (non-hydrogen) atoms. The van der Waals surface area contributed by atoms with Gasteiger partial charge in [-0.1, -0.05) is 25.2 Å². The Morgan fingerprint density at radius 3 is 3.00 bits per heavy atom. The van der Waals surface area contributed by atoms with Crippen molar-refractivity contribution in [1.82, 2.24) is 14.6 Å². The van der Waals surface area contributed by atoms with E-state index in [1.807, 2.05) is 17.6 Å². The molecule has 82 valence electrons. The summed E-state index contributed by atoms with van der Waals surface area (Å²) in [6.45, 7) is 7.40. The van der Waals surface area contributed by atoms with Gasteiger partial charge < -0.3 is 5.32 Å². The summed E-state index contributed by atoms with van der Waals surface area (Å²) in [6, 6.07) is 0. The van der Waals surface area contributed by atoms with Gasteiger partial charge >= 0.3 is 0 Å². The molecule has 0 unspecified atom stereocenters. The van der Waals surface area contributed by atoms with Crippen LogP contribution in [0.1, 0.15) is 26.0 Å². The van der Waals surface area contributed by atoms with Crippen LogP contribution >= 0.6 is 11.3 Å². The molecule has 0 aromatic carbocycles. The van der Waals surface area contributed by atoms with Crippen molar-refractivity contribution in [2.75, 3.05) is 11.9 Å². The quantitative estimate of drug-likeness (QED) is 0.868. The first kappa shape index (κ1) is 10.4. The second kappa shape index (κ2) is 4.18. The Balaban J connectivity index is 2.00. The van der Waals surface area contributed by atoms with Crippen molar-refractivity contribution >= 4 is 21.4 Å². The monoisotopic (exact) mass is 224 g/mol. The van der Waals surface area contributed by atoms with Crippen LogP contribution in [0.25, 0.3) is 4.96 Å². The summed E-state index contributed by atoms with van der Waals surface area (Å²) in [5.41, 5.74) is 1.02. The molecule has 2 rings (SSSR count). The van der Waals surface area contributed by atoms with Crippen LogP contribution in [0.4, 0.5) is 5.13 Å². The van der Waals surface area contributed by atoms with Crippen LogP contribution in [-0.2, 0) is 0 Å². The fraction of sp³-hybridized carbons (Fsp3) is 0.600. The lowest BCUT2D eigenvalue weighted by Gasteiger charge is -2.03. The molecule has 0 radical (unpaired) electrons. The van der Waals surface area contributed by atoms with Gasteiger partial charge in [0, 0.05) is 6.54 Å². The van der Waals surface area contributed by atoms with Gasteiger partial charge in [0.2, 0.25) is 10.1 Å². The number of nitrogens with one attached hydrogen (secondary N) is 1. The van der Waals surface area contributed by atoms with Crippen LogP contribution in [-0.4, -0.2) is 21.1 Å². The van der Waals surface area contributed by atoms with Crippen LogP contribution in [0.5, 0.6) is 0 Å². The molecule has 0 fully saturated rings. The van der Waals surface area contributed by atoms with Crippen LogP contribution in [0.2, 0.25) is 0 Å². The molecule has 0 atom stereocenters. The third kappa shape index (κ3) is 2.47. The summed E-state index contributed by atoms with van der Waals surface area (Å²) < 4.78 is 1.83. The molecule has 2 aromatic heterocycles. The number of nitrogens with zero attached hydrogens (tertiary/aromatic N) is 3. The number of imidazole rings is 1. The normalized spacial score (nSPS) is 11.5. The smallest absolute Gasteiger partial charge is 0.214 e. The Hall–Kier alpha value is -1.10. The fourth-order valence-electron chi connectivity index (χ4n) is 1.35. The molecular formula is C10H16N4S. The van der Waals surface area contributed by atoms with Gasteiger partial charge in [-0.2, -0.15) is 0 Å². The highest BCUT2D eigenvalue weighted by molar-refractivity contribution is 7.20. The molecule has 0 aliphatic rings. The lowest BCUT2D eigenvalue weighted by atomic mass is 10.1. The van der Waals surface area contributed by atoms with Crippen LogP contribution < -0.4 is 5.32 Å². The molecule has 0 aliphatic carbocycles. The maximum Gasteiger partial charge on any atom is 0.214 e. The van der Waals surface area contributed by atoms with E-state index in [1.54, 1.807) is 11.3 Å². The Morgan fingerprint density at radius 2 is 2.33 bits per heavy atom. The SMILES string of the molecule is Cc1cn2nc(NCCC(C)C)sc2n1. The second-order valence-corrected chi connectivity index (χ2v) is 5.08. The summed E-state index contributed by atoms with van der Waals surface area (Å²) in [5.74, 6) is 0.726. The first-order valence-electron chi connectivity index (χ1n) is 5.22. The minimum atomic E-state index is 0.726. The van der Waals surface area contributed by atoms with Crippen LogP contribution in [0.3, 0.4) is 0 Å². The van der Waals surface area contributed by atoms with E-state index < -0.39 is 0 Å². The lowest BCUT2D eigenvalue weighted by Crippen LogP contribution is -2.04. The van der Waals surface area contributed by atoms with Gasteiger partial charge in [-0.05, 0) is 19.3 Å². The van der Waals surface area contributed by atoms with Gasteiger partial charge in [0.25, 0.3) is 0 Å². The maximum absolute atomic E-state index is 4.39. The van der Waals surface area contributed by atoms with E-state index in [2.05, 4.69) is 29.2 Å². The molecule has 1 N–H and O–H groups in total. The topological polar surface area (TPSA) is 42.2 Å². The Kier molecular flexibility index (Phi) is 2.90. The molecule has 2 aromatic rings. The van der Waals surface area contributed by atoms with E-state index in [4.69, 9.17) is 0 Å². The van der Waals surface area contributed by atoms with Gasteiger partial charge in [0.1, 0.15) is 0 Å². The molecule has 0 saturated heterocycles. The van der Waals surface area contributed by atoms with Crippen molar-refractivity contribution in [3.05, 3.63) is 11.9 Å². The van der Waals surface area contributed by atoms with E-state index in [0.29, 0.717) is 0 Å². The molecule has 0 aliphatic heterocycles. The van der Waals surface area contributed by atoms with Crippen molar-refractivity contribution in [1.29, 1.82) is 0 Å². The summed E-state index contributed by atoms with van der Waals surface area (Å²) in [7, 11) is 0. The standard InChI is InChI=1S/C10H16N4S/c1-7(2)4-5-11-9-13-14-6-8(3)12-10(14)15-9/h6-7H,4-5H2,1-3H3,(H,11,13). The number of hydrogen-bond acceptors (Lipinski definition) is 4. The van der Waals surface area contributed by atoms with Gasteiger partial charge in [0.15, 0.2) is 0 Å². The number of anilines is 1. The van der Waals surface area contributed by atoms with Gasteiger partial charge in [-0.25, -0.2) is 9.50 Å². The number of fused-ring (bicyclic) bond motifs is 1. The number of hydrogen-bond donors (Lipinski definition) is 1. The summed E-state index contributed by atoms with van der Waals surface area (Å²) in [6.07, 6.45) is 3.11. The van der Waals surface area contributed by atoms with Crippen LogP contribution in [0, 0.1) is 12.8 Å². The molecule has 4 nitrogen and oxygen atoms in total. The molecule has 5 heteroatoms. The lowest BCUT2D eigenvalue weighted by molar-refractivity contribution is 0.607. The van der Waals surface area contributed by atoms with E-state index >= 15 is 0 Å². The Bertz CT molecular complexity index is 412. The number of rotatable bonds is 4. The van der Waals surface area contributed by atoms with Crippen molar-refractivity contribution in [3.63, 3.8) is 0 Å². The zero-order valence-corrected chi connectivity index (χ0v) is 10.1. The summed E-state index contributed by atoms with van der Waals surface area (Å²) >= 11 is 1.60. The highest BCUT2D eigenvalue weighted by Gasteiger charge is 2.05. The minimum Gasteiger partial charge on any atom is -0.360 e. The summed E-state index contributed by atoms with van der Waals surface area (Å²) in [5, 5.41) is 8.67. The first-order valence-corrected chi connectivity index (χ1v) is 6.03. The Morgan fingerprint density at radius 1 is 1.53 bits per heavy atom. The molecule has 0 saturated carbocycles. The van der Waals surface area contributed by atoms with Gasteiger partial charge in [0.05, 0.1) is 11.9 Å². The zero-order valence-electron chi connectivity index (χ0n) is 9.32. The molecular weight excluding hydrogens is 208 g/mol. The minimum absolute atomic E-state index is 0.726. The van der Waals surface area contributed by atoms with E-state index in [-0.39, 0.29) is 0 Å². The number of aryl methyl sites for hydroxylation is 1. The van der Waals surface area contributed by atoms with Crippen molar-refractivity contribution in [2.24, 2.45) is 5.92 Å². The molecule has 0 spiro atoms. The average Bonchev–Trinajstić information content (AvgIpc) is 2.60. The van der Waals surface area contributed by atoms with E-state index in [9.17, 15) is 0 Å². The van der Waals surface area contributed by atoms with Crippen molar-refractivity contribution < 1.29 is 0 Å². The third-order valence-corrected chi connectivity index (χ3v) is 3.04. The first-order chi connectivity index (χ1) is 7.15. The highest BCUT2D eigenvalue weighted by Crippen LogP contribution is 2.18. The predicted molar refractivity (Wildman–Crippen MR) is 63.5 cm³/mol. The zero-order chi connectivity index (χ0) is 10.8. The van der Waals surface area contributed by atoms with E-state index in [1.165, 1.54) is 6.42 Å². The largest absolute Gasteiger partial charge is 0.360 e. The molecule has 0 bridgehead atoms.